The van der Waals surface area contributed by atoms with Gasteiger partial charge in [0.15, 0.2) is 0 Å². The van der Waals surface area contributed by atoms with Gasteiger partial charge in [-0.05, 0) is 18.1 Å². The summed E-state index contributed by atoms with van der Waals surface area (Å²) in [6.07, 6.45) is 0.861. The zero-order chi connectivity index (χ0) is 11.3. The molecule has 0 aliphatic carbocycles. The second kappa shape index (κ2) is 5.58. The molecule has 0 spiro atoms. The molecule has 84 valence electrons. The predicted molar refractivity (Wildman–Crippen MR) is 60.1 cm³/mol. The number of nitrogens with two attached hydrogens (primary N) is 1. The van der Waals surface area contributed by atoms with Gasteiger partial charge in [0.25, 0.3) is 0 Å². The molecular formula is C11H18N2O2. The van der Waals surface area contributed by atoms with E-state index in [1.54, 1.807) is 19.2 Å². The van der Waals surface area contributed by atoms with Gasteiger partial charge in [0, 0.05) is 19.7 Å². The quantitative estimate of drug-likeness (QED) is 0.583. The number of likely N-dealkylation sites (N-methyl/N-ethyl adjacent to an activating group) is 1. The molecule has 0 radical (unpaired) electrons. The molecule has 1 aromatic carbocycles. The first-order valence-electron chi connectivity index (χ1n) is 4.84. The van der Waals surface area contributed by atoms with E-state index in [4.69, 9.17) is 15.3 Å². The van der Waals surface area contributed by atoms with Crippen molar-refractivity contribution in [1.82, 2.24) is 5.01 Å². The van der Waals surface area contributed by atoms with Gasteiger partial charge in [0.1, 0.15) is 11.5 Å². The van der Waals surface area contributed by atoms with Crippen molar-refractivity contribution in [2.75, 3.05) is 27.8 Å². The SMILES string of the molecule is COc1ccc(CCN(C)N)c(OC)c1. The Morgan fingerprint density at radius 2 is 2.00 bits per heavy atom. The lowest BCUT2D eigenvalue weighted by atomic mass is 10.1. The van der Waals surface area contributed by atoms with Crippen LogP contribution in [0.25, 0.3) is 0 Å². The fourth-order valence-corrected chi connectivity index (χ4v) is 1.36. The third kappa shape index (κ3) is 3.42. The van der Waals surface area contributed by atoms with Gasteiger partial charge in [-0.3, -0.25) is 5.84 Å². The van der Waals surface area contributed by atoms with Gasteiger partial charge < -0.3 is 9.47 Å². The summed E-state index contributed by atoms with van der Waals surface area (Å²) in [5.74, 6) is 7.20. The maximum Gasteiger partial charge on any atom is 0.125 e. The second-order valence-corrected chi connectivity index (χ2v) is 3.41. The Balaban J connectivity index is 2.78. The number of hydrogen-bond acceptors (Lipinski definition) is 4. The lowest BCUT2D eigenvalue weighted by molar-refractivity contribution is 0.348. The topological polar surface area (TPSA) is 47.7 Å². The van der Waals surface area contributed by atoms with Crippen molar-refractivity contribution >= 4 is 0 Å². The third-order valence-corrected chi connectivity index (χ3v) is 2.23. The standard InChI is InChI=1S/C11H18N2O2/c1-13(12)7-6-9-4-5-10(14-2)8-11(9)15-3/h4-5,8H,6-7,12H2,1-3H3. The van der Waals surface area contributed by atoms with Crippen LogP contribution in [0.15, 0.2) is 18.2 Å². The second-order valence-electron chi connectivity index (χ2n) is 3.41. The van der Waals surface area contributed by atoms with E-state index in [1.165, 1.54) is 0 Å². The van der Waals surface area contributed by atoms with E-state index < -0.39 is 0 Å². The zero-order valence-electron chi connectivity index (χ0n) is 9.49. The molecule has 0 amide bonds. The molecule has 2 N–H and O–H groups in total. The fraction of sp³-hybridized carbons (Fsp3) is 0.455. The normalized spacial score (nSPS) is 10.5. The minimum absolute atomic E-state index is 0.794. The van der Waals surface area contributed by atoms with Gasteiger partial charge in [-0.1, -0.05) is 6.07 Å². The van der Waals surface area contributed by atoms with Crippen LogP contribution in [-0.4, -0.2) is 32.8 Å². The Labute approximate surface area is 90.6 Å². The van der Waals surface area contributed by atoms with Crippen molar-refractivity contribution in [3.63, 3.8) is 0 Å². The van der Waals surface area contributed by atoms with Crippen LogP contribution in [0.3, 0.4) is 0 Å². The monoisotopic (exact) mass is 210 g/mol. The first-order chi connectivity index (χ1) is 7.17. The van der Waals surface area contributed by atoms with Gasteiger partial charge in [-0.2, -0.15) is 0 Å². The van der Waals surface area contributed by atoms with E-state index in [9.17, 15) is 0 Å². The number of hydrogen-bond donors (Lipinski definition) is 1. The average Bonchev–Trinajstić information content (AvgIpc) is 2.25. The molecule has 4 heteroatoms. The lowest BCUT2D eigenvalue weighted by Gasteiger charge is -2.13. The van der Waals surface area contributed by atoms with Crippen LogP contribution in [-0.2, 0) is 6.42 Å². The molecule has 1 rings (SSSR count). The summed E-state index contributed by atoms with van der Waals surface area (Å²) in [4.78, 5) is 0. The van der Waals surface area contributed by atoms with Crippen molar-refractivity contribution in [2.24, 2.45) is 5.84 Å². The van der Waals surface area contributed by atoms with E-state index in [0.29, 0.717) is 0 Å². The minimum atomic E-state index is 0.794. The van der Waals surface area contributed by atoms with Gasteiger partial charge in [-0.25, -0.2) is 5.01 Å². The summed E-state index contributed by atoms with van der Waals surface area (Å²) in [5.41, 5.74) is 1.13. The van der Waals surface area contributed by atoms with E-state index in [2.05, 4.69) is 0 Å². The van der Waals surface area contributed by atoms with Gasteiger partial charge in [0.05, 0.1) is 14.2 Å². The van der Waals surface area contributed by atoms with Crippen LogP contribution in [0.5, 0.6) is 11.5 Å². The lowest BCUT2D eigenvalue weighted by Crippen LogP contribution is -2.28. The van der Waals surface area contributed by atoms with Crippen molar-refractivity contribution in [2.45, 2.75) is 6.42 Å². The Kier molecular flexibility index (Phi) is 4.39. The number of hydrazine groups is 1. The van der Waals surface area contributed by atoms with E-state index in [1.807, 2.05) is 25.2 Å². The first-order valence-corrected chi connectivity index (χ1v) is 4.84. The molecule has 0 bridgehead atoms. The molecule has 1 aromatic rings. The molecule has 0 heterocycles. The first kappa shape index (κ1) is 11.8. The summed E-state index contributed by atoms with van der Waals surface area (Å²) >= 11 is 0. The highest BCUT2D eigenvalue weighted by molar-refractivity contribution is 5.40. The number of nitrogens with zero attached hydrogens (tertiary/aromatic N) is 1. The van der Waals surface area contributed by atoms with Gasteiger partial charge in [-0.15, -0.1) is 0 Å². The highest BCUT2D eigenvalue weighted by Crippen LogP contribution is 2.24. The summed E-state index contributed by atoms with van der Waals surface area (Å²) < 4.78 is 10.4. The van der Waals surface area contributed by atoms with Gasteiger partial charge in [0.2, 0.25) is 0 Å². The van der Waals surface area contributed by atoms with Crippen LogP contribution in [0.1, 0.15) is 5.56 Å². The van der Waals surface area contributed by atoms with E-state index in [0.717, 1.165) is 30.0 Å². The smallest absolute Gasteiger partial charge is 0.125 e. The summed E-state index contributed by atoms with van der Waals surface area (Å²) in [6.45, 7) is 0.794. The number of methoxy groups -OCH3 is 2. The van der Waals surface area contributed by atoms with Crippen molar-refractivity contribution < 1.29 is 9.47 Å². The van der Waals surface area contributed by atoms with E-state index in [-0.39, 0.29) is 0 Å². The molecule has 0 aliphatic heterocycles. The predicted octanol–water partition coefficient (Wildman–Crippen LogP) is 1.05. The van der Waals surface area contributed by atoms with Crippen molar-refractivity contribution in [3.05, 3.63) is 23.8 Å². The molecule has 0 aromatic heterocycles. The highest BCUT2D eigenvalue weighted by atomic mass is 16.5. The van der Waals surface area contributed by atoms with E-state index >= 15 is 0 Å². The summed E-state index contributed by atoms with van der Waals surface area (Å²) in [5, 5.41) is 1.66. The van der Waals surface area contributed by atoms with Crippen LogP contribution in [0, 0.1) is 0 Å². The Bertz CT molecular complexity index is 313. The summed E-state index contributed by atoms with van der Waals surface area (Å²) in [7, 11) is 5.14. The maximum absolute atomic E-state index is 5.56. The molecule has 0 saturated carbocycles. The number of rotatable bonds is 5. The Morgan fingerprint density at radius 1 is 1.27 bits per heavy atom. The minimum Gasteiger partial charge on any atom is -0.497 e. The largest absolute Gasteiger partial charge is 0.497 e. The van der Waals surface area contributed by atoms with Crippen LogP contribution < -0.4 is 15.3 Å². The van der Waals surface area contributed by atoms with Gasteiger partial charge >= 0.3 is 0 Å². The molecule has 0 fully saturated rings. The van der Waals surface area contributed by atoms with Crippen molar-refractivity contribution in [1.29, 1.82) is 0 Å². The molecule has 0 unspecified atom stereocenters. The Hall–Kier alpha value is -1.26. The fourth-order valence-electron chi connectivity index (χ4n) is 1.36. The maximum atomic E-state index is 5.56. The molecule has 0 saturated heterocycles. The van der Waals surface area contributed by atoms with Crippen LogP contribution in [0.4, 0.5) is 0 Å². The molecule has 15 heavy (non-hydrogen) atoms. The molecule has 0 atom stereocenters. The molecule has 0 aliphatic rings. The number of ether oxygens (including phenoxy) is 2. The Morgan fingerprint density at radius 3 is 2.53 bits per heavy atom. The van der Waals surface area contributed by atoms with Crippen molar-refractivity contribution in [3.8, 4) is 11.5 Å². The average molecular weight is 210 g/mol. The van der Waals surface area contributed by atoms with Crippen LogP contribution >= 0.6 is 0 Å². The third-order valence-electron chi connectivity index (χ3n) is 2.23. The molecular weight excluding hydrogens is 192 g/mol. The molecule has 4 nitrogen and oxygen atoms in total. The highest BCUT2D eigenvalue weighted by Gasteiger charge is 2.05. The zero-order valence-corrected chi connectivity index (χ0v) is 9.49. The summed E-state index contributed by atoms with van der Waals surface area (Å²) in [6, 6.07) is 5.81. The van der Waals surface area contributed by atoms with Crippen LogP contribution in [0.2, 0.25) is 0 Å². The number of benzene rings is 1.